The van der Waals surface area contributed by atoms with Crippen LogP contribution in [0.4, 0.5) is 0 Å². The molecule has 1 heterocycles. The first kappa shape index (κ1) is 12.5. The molecule has 0 amide bonds. The minimum atomic E-state index is -0.00186. The molecule has 3 N–H and O–H groups in total. The fourth-order valence-electron chi connectivity index (χ4n) is 1.37. The predicted octanol–water partition coefficient (Wildman–Crippen LogP) is 2.24. The molecular weight excluding hydrogens is 202 g/mol. The number of nitrogen functional groups attached to an aromatic ring is 1. The zero-order valence-corrected chi connectivity index (χ0v) is 9.92. The molecule has 0 saturated carbocycles. The SMILES string of the molecule is CCCCCOc1nc(C)ccc1C(=N)N. The summed E-state index contributed by atoms with van der Waals surface area (Å²) in [4.78, 5) is 4.25. The number of ether oxygens (including phenoxy) is 1. The van der Waals surface area contributed by atoms with Crippen molar-refractivity contribution >= 4 is 5.84 Å². The van der Waals surface area contributed by atoms with E-state index in [4.69, 9.17) is 15.9 Å². The number of hydrogen-bond donors (Lipinski definition) is 2. The van der Waals surface area contributed by atoms with Crippen LogP contribution in [-0.4, -0.2) is 17.4 Å². The monoisotopic (exact) mass is 221 g/mol. The number of aryl methyl sites for hydroxylation is 1. The Kier molecular flexibility index (Phi) is 4.76. The van der Waals surface area contributed by atoms with Crippen LogP contribution < -0.4 is 10.5 Å². The summed E-state index contributed by atoms with van der Waals surface area (Å²) < 4.78 is 5.55. The van der Waals surface area contributed by atoms with E-state index in [1.807, 2.05) is 13.0 Å². The average molecular weight is 221 g/mol. The normalized spacial score (nSPS) is 10.1. The van der Waals surface area contributed by atoms with E-state index in [2.05, 4.69) is 11.9 Å². The van der Waals surface area contributed by atoms with Gasteiger partial charge in [-0.05, 0) is 25.5 Å². The fraction of sp³-hybridized carbons (Fsp3) is 0.500. The van der Waals surface area contributed by atoms with Gasteiger partial charge in [0.15, 0.2) is 0 Å². The minimum Gasteiger partial charge on any atom is -0.477 e. The Labute approximate surface area is 96.3 Å². The molecular formula is C12H19N3O. The van der Waals surface area contributed by atoms with Gasteiger partial charge in [-0.1, -0.05) is 19.8 Å². The summed E-state index contributed by atoms with van der Waals surface area (Å²) in [5.41, 5.74) is 6.90. The Bertz CT molecular complexity index is 363. The van der Waals surface area contributed by atoms with Crippen molar-refractivity contribution in [1.82, 2.24) is 4.98 Å². The van der Waals surface area contributed by atoms with Crippen LogP contribution in [0.15, 0.2) is 12.1 Å². The van der Waals surface area contributed by atoms with E-state index in [1.165, 1.54) is 0 Å². The van der Waals surface area contributed by atoms with Gasteiger partial charge in [0.1, 0.15) is 5.84 Å². The van der Waals surface area contributed by atoms with Gasteiger partial charge in [-0.2, -0.15) is 0 Å². The highest BCUT2D eigenvalue weighted by molar-refractivity contribution is 5.97. The van der Waals surface area contributed by atoms with Crippen molar-refractivity contribution in [2.75, 3.05) is 6.61 Å². The lowest BCUT2D eigenvalue weighted by Gasteiger charge is -2.09. The Balaban J connectivity index is 2.68. The number of unbranched alkanes of at least 4 members (excludes halogenated alkanes) is 2. The van der Waals surface area contributed by atoms with Crippen molar-refractivity contribution in [1.29, 1.82) is 5.41 Å². The second kappa shape index (κ2) is 6.10. The van der Waals surface area contributed by atoms with Crippen LogP contribution in [0.3, 0.4) is 0 Å². The van der Waals surface area contributed by atoms with Gasteiger partial charge in [-0.25, -0.2) is 4.98 Å². The number of nitrogens with zero attached hydrogens (tertiary/aromatic N) is 1. The lowest BCUT2D eigenvalue weighted by atomic mass is 10.2. The molecule has 0 aliphatic carbocycles. The number of aromatic nitrogens is 1. The van der Waals surface area contributed by atoms with Crippen molar-refractivity contribution in [3.63, 3.8) is 0 Å². The molecule has 4 heteroatoms. The molecule has 0 bridgehead atoms. The van der Waals surface area contributed by atoms with E-state index in [-0.39, 0.29) is 5.84 Å². The van der Waals surface area contributed by atoms with Crippen LogP contribution in [0.2, 0.25) is 0 Å². The maximum Gasteiger partial charge on any atom is 0.224 e. The number of pyridine rings is 1. The van der Waals surface area contributed by atoms with E-state index in [1.54, 1.807) is 6.07 Å². The van der Waals surface area contributed by atoms with Gasteiger partial charge in [0.05, 0.1) is 12.2 Å². The summed E-state index contributed by atoms with van der Waals surface area (Å²) in [6, 6.07) is 3.61. The van der Waals surface area contributed by atoms with E-state index < -0.39 is 0 Å². The van der Waals surface area contributed by atoms with Gasteiger partial charge < -0.3 is 10.5 Å². The van der Waals surface area contributed by atoms with Crippen LogP contribution in [0.25, 0.3) is 0 Å². The molecule has 0 aliphatic rings. The Morgan fingerprint density at radius 1 is 1.44 bits per heavy atom. The van der Waals surface area contributed by atoms with Crippen molar-refractivity contribution in [2.45, 2.75) is 33.1 Å². The molecule has 0 spiro atoms. The zero-order chi connectivity index (χ0) is 12.0. The minimum absolute atomic E-state index is 0.00186. The van der Waals surface area contributed by atoms with E-state index in [0.29, 0.717) is 18.1 Å². The topological polar surface area (TPSA) is 72.0 Å². The van der Waals surface area contributed by atoms with E-state index >= 15 is 0 Å². The van der Waals surface area contributed by atoms with Crippen LogP contribution in [-0.2, 0) is 0 Å². The molecule has 0 saturated heterocycles. The second-order valence-corrected chi connectivity index (χ2v) is 3.77. The Morgan fingerprint density at radius 3 is 2.81 bits per heavy atom. The lowest BCUT2D eigenvalue weighted by Crippen LogP contribution is -2.14. The average Bonchev–Trinajstić information content (AvgIpc) is 2.24. The molecule has 0 radical (unpaired) electrons. The van der Waals surface area contributed by atoms with E-state index in [0.717, 1.165) is 25.0 Å². The fourth-order valence-corrected chi connectivity index (χ4v) is 1.37. The standard InChI is InChI=1S/C12H19N3O/c1-3-4-5-8-16-12-10(11(13)14)7-6-9(2)15-12/h6-7H,3-5,8H2,1-2H3,(H3,13,14). The molecule has 0 fully saturated rings. The molecule has 0 aromatic carbocycles. The second-order valence-electron chi connectivity index (χ2n) is 3.77. The highest BCUT2D eigenvalue weighted by Crippen LogP contribution is 2.15. The maximum absolute atomic E-state index is 7.42. The third-order valence-electron chi connectivity index (χ3n) is 2.28. The summed E-state index contributed by atoms with van der Waals surface area (Å²) in [6.45, 7) is 4.67. The number of rotatable bonds is 6. The Hall–Kier alpha value is -1.58. The first-order valence-electron chi connectivity index (χ1n) is 5.60. The van der Waals surface area contributed by atoms with Crippen molar-refractivity contribution in [3.05, 3.63) is 23.4 Å². The van der Waals surface area contributed by atoms with Crippen LogP contribution in [0, 0.1) is 12.3 Å². The molecule has 0 unspecified atom stereocenters. The maximum atomic E-state index is 7.42. The molecule has 1 aromatic rings. The van der Waals surface area contributed by atoms with E-state index in [9.17, 15) is 0 Å². The summed E-state index contributed by atoms with van der Waals surface area (Å²) in [6.07, 6.45) is 3.30. The first-order valence-corrected chi connectivity index (χ1v) is 5.60. The number of amidine groups is 1. The zero-order valence-electron chi connectivity index (χ0n) is 9.92. The molecule has 4 nitrogen and oxygen atoms in total. The van der Waals surface area contributed by atoms with Gasteiger partial charge in [0, 0.05) is 5.69 Å². The van der Waals surface area contributed by atoms with Crippen molar-refractivity contribution in [3.8, 4) is 5.88 Å². The summed E-state index contributed by atoms with van der Waals surface area (Å²) in [5, 5.41) is 7.42. The first-order chi connectivity index (χ1) is 7.65. The Morgan fingerprint density at radius 2 is 2.19 bits per heavy atom. The largest absolute Gasteiger partial charge is 0.477 e. The number of nitrogens with two attached hydrogens (primary N) is 1. The highest BCUT2D eigenvalue weighted by atomic mass is 16.5. The summed E-state index contributed by atoms with van der Waals surface area (Å²) in [5.74, 6) is 0.474. The third kappa shape index (κ3) is 3.53. The quantitative estimate of drug-likeness (QED) is 0.439. The van der Waals surface area contributed by atoms with Crippen LogP contribution >= 0.6 is 0 Å². The smallest absolute Gasteiger partial charge is 0.224 e. The van der Waals surface area contributed by atoms with Crippen molar-refractivity contribution in [2.24, 2.45) is 5.73 Å². The molecule has 1 rings (SSSR count). The number of nitrogens with one attached hydrogen (secondary N) is 1. The van der Waals surface area contributed by atoms with Gasteiger partial charge in [-0.3, -0.25) is 5.41 Å². The summed E-state index contributed by atoms with van der Waals surface area (Å²) >= 11 is 0. The molecule has 88 valence electrons. The lowest BCUT2D eigenvalue weighted by molar-refractivity contribution is 0.294. The molecule has 16 heavy (non-hydrogen) atoms. The highest BCUT2D eigenvalue weighted by Gasteiger charge is 2.08. The number of hydrogen-bond acceptors (Lipinski definition) is 3. The van der Waals surface area contributed by atoms with Crippen LogP contribution in [0.1, 0.15) is 37.4 Å². The third-order valence-corrected chi connectivity index (χ3v) is 2.28. The molecule has 1 aromatic heterocycles. The molecule has 0 atom stereocenters. The van der Waals surface area contributed by atoms with Gasteiger partial charge in [-0.15, -0.1) is 0 Å². The van der Waals surface area contributed by atoms with Gasteiger partial charge in [0.2, 0.25) is 5.88 Å². The van der Waals surface area contributed by atoms with Crippen molar-refractivity contribution < 1.29 is 4.74 Å². The molecule has 0 aliphatic heterocycles. The summed E-state index contributed by atoms with van der Waals surface area (Å²) in [7, 11) is 0. The van der Waals surface area contributed by atoms with Crippen LogP contribution in [0.5, 0.6) is 5.88 Å². The van der Waals surface area contributed by atoms with Gasteiger partial charge >= 0.3 is 0 Å². The van der Waals surface area contributed by atoms with Gasteiger partial charge in [0.25, 0.3) is 0 Å². The predicted molar refractivity (Wildman–Crippen MR) is 65.0 cm³/mol.